The molecule has 2 fully saturated rings. The van der Waals surface area contributed by atoms with Gasteiger partial charge in [-0.25, -0.2) is 0 Å². The van der Waals surface area contributed by atoms with E-state index in [1.54, 1.807) is 0 Å². The molecule has 0 radical (unpaired) electrons. The standard InChI is InChI=1S/C36H68O7SSi2/c1-14-36(25-20-26-36)32(43-46(12,13)35(5,6)7)23-19-22-29-28(21-17-15-16-18-24-33(37)40-8)30(41-44(9,38)39)27-31(29)42-45(10,11)34(2,3)4/h15,17,19,22,28-32H,14,16,18,20-21,23-27H2,1-13H3/b17-15-,22-19+/t28-,29-,30+,31-,32?/m1/s1. The van der Waals surface area contributed by atoms with Crippen molar-refractivity contribution in [1.82, 2.24) is 0 Å². The van der Waals surface area contributed by atoms with E-state index in [4.69, 9.17) is 17.8 Å². The van der Waals surface area contributed by atoms with Crippen LogP contribution < -0.4 is 0 Å². The Hall–Kier alpha value is -0.786. The molecule has 0 aromatic rings. The molecule has 2 saturated carbocycles. The lowest BCUT2D eigenvalue weighted by atomic mass is 9.63. The molecule has 268 valence electrons. The summed E-state index contributed by atoms with van der Waals surface area (Å²) in [4.78, 5) is 11.5. The lowest BCUT2D eigenvalue weighted by molar-refractivity contribution is -0.140. The minimum absolute atomic E-state index is 0.00748. The summed E-state index contributed by atoms with van der Waals surface area (Å²) < 4.78 is 49.7. The van der Waals surface area contributed by atoms with Crippen molar-refractivity contribution in [2.45, 2.75) is 167 Å². The monoisotopic (exact) mass is 700 g/mol. The van der Waals surface area contributed by atoms with Crippen LogP contribution in [0.25, 0.3) is 0 Å². The highest BCUT2D eigenvalue weighted by Crippen LogP contribution is 2.52. The van der Waals surface area contributed by atoms with Crippen LogP contribution in [-0.4, -0.2) is 62.7 Å². The van der Waals surface area contributed by atoms with Crippen molar-refractivity contribution < 1.29 is 31.0 Å². The first-order valence-corrected chi connectivity index (χ1v) is 25.2. The molecule has 2 rings (SSSR count). The Morgan fingerprint density at radius 3 is 2.04 bits per heavy atom. The van der Waals surface area contributed by atoms with Crippen LogP contribution in [0.4, 0.5) is 0 Å². The van der Waals surface area contributed by atoms with Crippen molar-refractivity contribution in [3.05, 3.63) is 24.3 Å². The summed E-state index contributed by atoms with van der Waals surface area (Å²) in [6.07, 6.45) is 18.3. The highest BCUT2D eigenvalue weighted by Gasteiger charge is 2.50. The summed E-state index contributed by atoms with van der Waals surface area (Å²) in [6, 6.07) is 0. The van der Waals surface area contributed by atoms with Gasteiger partial charge in [0.1, 0.15) is 0 Å². The number of rotatable bonds is 17. The molecule has 0 saturated heterocycles. The zero-order valence-electron chi connectivity index (χ0n) is 31.5. The normalized spacial score (nSPS) is 25.2. The molecule has 0 aliphatic heterocycles. The van der Waals surface area contributed by atoms with Crippen molar-refractivity contribution in [2.24, 2.45) is 17.3 Å². The minimum atomic E-state index is -3.66. The van der Waals surface area contributed by atoms with Crippen LogP contribution in [0.5, 0.6) is 0 Å². The fourth-order valence-electron chi connectivity index (χ4n) is 6.36. The predicted molar refractivity (Wildman–Crippen MR) is 195 cm³/mol. The number of esters is 1. The maximum Gasteiger partial charge on any atom is 0.305 e. The summed E-state index contributed by atoms with van der Waals surface area (Å²) in [5.41, 5.74) is 0.223. The fourth-order valence-corrected chi connectivity index (χ4v) is 9.81. The van der Waals surface area contributed by atoms with Gasteiger partial charge in [-0.2, -0.15) is 8.42 Å². The smallest absolute Gasteiger partial charge is 0.305 e. The number of allylic oxidation sites excluding steroid dienone is 2. The molecule has 2 aliphatic rings. The van der Waals surface area contributed by atoms with Gasteiger partial charge in [0, 0.05) is 18.8 Å². The first kappa shape index (κ1) is 41.4. The molecule has 0 aromatic heterocycles. The van der Waals surface area contributed by atoms with E-state index in [9.17, 15) is 13.2 Å². The maximum absolute atomic E-state index is 12.5. The van der Waals surface area contributed by atoms with E-state index < -0.39 is 32.9 Å². The molecule has 0 amide bonds. The average Bonchev–Trinajstić information content (AvgIpc) is 3.17. The maximum atomic E-state index is 12.5. The lowest BCUT2D eigenvalue weighted by Crippen LogP contribution is -2.51. The van der Waals surface area contributed by atoms with E-state index in [0.29, 0.717) is 25.7 Å². The van der Waals surface area contributed by atoms with Crippen molar-refractivity contribution in [3.63, 3.8) is 0 Å². The van der Waals surface area contributed by atoms with Crippen molar-refractivity contribution in [2.75, 3.05) is 13.4 Å². The summed E-state index contributed by atoms with van der Waals surface area (Å²) in [7, 11) is -6.40. The minimum Gasteiger partial charge on any atom is -0.469 e. The molecule has 0 heterocycles. The Bertz CT molecular complexity index is 1140. The van der Waals surface area contributed by atoms with Gasteiger partial charge in [-0.3, -0.25) is 8.98 Å². The van der Waals surface area contributed by atoms with Gasteiger partial charge in [0.2, 0.25) is 0 Å². The third-order valence-electron chi connectivity index (χ3n) is 11.7. The third-order valence-corrected chi connectivity index (χ3v) is 21.2. The van der Waals surface area contributed by atoms with E-state index in [-0.39, 0.29) is 45.5 Å². The zero-order chi connectivity index (χ0) is 35.2. The second-order valence-corrected chi connectivity index (χ2v) is 28.1. The number of ether oxygens (including phenoxy) is 1. The summed E-state index contributed by atoms with van der Waals surface area (Å²) in [5, 5.41) is 0.150. The highest BCUT2D eigenvalue weighted by molar-refractivity contribution is 7.86. The molecule has 5 atom stereocenters. The Morgan fingerprint density at radius 1 is 0.957 bits per heavy atom. The van der Waals surface area contributed by atoms with Gasteiger partial charge in [-0.05, 0) is 92.5 Å². The van der Waals surface area contributed by atoms with E-state index in [0.717, 1.165) is 25.5 Å². The van der Waals surface area contributed by atoms with Crippen molar-refractivity contribution in [1.29, 1.82) is 0 Å². The Balaban J connectivity index is 2.43. The number of carbonyl (C=O) groups is 1. The predicted octanol–water partition coefficient (Wildman–Crippen LogP) is 9.56. The largest absolute Gasteiger partial charge is 0.469 e. The number of carbonyl (C=O) groups excluding carboxylic acids is 1. The van der Waals surface area contributed by atoms with E-state index in [1.807, 2.05) is 0 Å². The summed E-state index contributed by atoms with van der Waals surface area (Å²) in [5.74, 6) is -0.251. The molecule has 0 spiro atoms. The molecule has 0 N–H and O–H groups in total. The van der Waals surface area contributed by atoms with Gasteiger partial charge in [-0.1, -0.05) is 79.2 Å². The van der Waals surface area contributed by atoms with Crippen LogP contribution in [-0.2, 0) is 32.7 Å². The van der Waals surface area contributed by atoms with Crippen LogP contribution in [0.1, 0.15) is 113 Å². The highest BCUT2D eigenvalue weighted by atomic mass is 32.2. The van der Waals surface area contributed by atoms with Gasteiger partial charge in [0.25, 0.3) is 10.1 Å². The second kappa shape index (κ2) is 16.3. The Labute approximate surface area is 285 Å². The van der Waals surface area contributed by atoms with Gasteiger partial charge in [0.15, 0.2) is 16.6 Å². The number of unbranched alkanes of at least 4 members (excludes halogenated alkanes) is 1. The second-order valence-electron chi connectivity index (χ2n) is 17.0. The van der Waals surface area contributed by atoms with Gasteiger partial charge in [-0.15, -0.1) is 0 Å². The third kappa shape index (κ3) is 11.4. The van der Waals surface area contributed by atoms with Gasteiger partial charge in [0.05, 0.1) is 31.7 Å². The number of hydrogen-bond acceptors (Lipinski definition) is 7. The van der Waals surface area contributed by atoms with Crippen molar-refractivity contribution >= 4 is 32.7 Å². The fraction of sp³-hybridized carbons (Fsp3) is 0.861. The van der Waals surface area contributed by atoms with E-state index in [1.165, 1.54) is 26.4 Å². The van der Waals surface area contributed by atoms with Crippen LogP contribution in [0.15, 0.2) is 24.3 Å². The topological polar surface area (TPSA) is 88.1 Å². The molecule has 7 nitrogen and oxygen atoms in total. The molecule has 2 aliphatic carbocycles. The Morgan fingerprint density at radius 2 is 1.57 bits per heavy atom. The van der Waals surface area contributed by atoms with Crippen LogP contribution in [0.2, 0.25) is 36.3 Å². The van der Waals surface area contributed by atoms with Crippen LogP contribution in [0.3, 0.4) is 0 Å². The first-order valence-electron chi connectivity index (χ1n) is 17.6. The van der Waals surface area contributed by atoms with E-state index >= 15 is 0 Å². The summed E-state index contributed by atoms with van der Waals surface area (Å²) >= 11 is 0. The molecule has 10 heteroatoms. The average molecular weight is 701 g/mol. The molecular weight excluding hydrogens is 633 g/mol. The summed E-state index contributed by atoms with van der Waals surface area (Å²) in [6.45, 7) is 25.2. The van der Waals surface area contributed by atoms with E-state index in [2.05, 4.69) is 99.0 Å². The molecule has 46 heavy (non-hydrogen) atoms. The van der Waals surface area contributed by atoms with Crippen molar-refractivity contribution in [3.8, 4) is 0 Å². The Kier molecular flexibility index (Phi) is 14.6. The number of hydrogen-bond donors (Lipinski definition) is 0. The molecular formula is C36H68O7SSi2. The quantitative estimate of drug-likeness (QED) is 0.0491. The van der Waals surface area contributed by atoms with Crippen LogP contribution in [0, 0.1) is 17.3 Å². The lowest BCUT2D eigenvalue weighted by Gasteiger charge is -2.51. The van der Waals surface area contributed by atoms with Gasteiger partial charge < -0.3 is 13.6 Å². The van der Waals surface area contributed by atoms with Crippen LogP contribution >= 0.6 is 0 Å². The van der Waals surface area contributed by atoms with Gasteiger partial charge >= 0.3 is 5.97 Å². The molecule has 0 aromatic carbocycles. The molecule has 0 bridgehead atoms. The number of methoxy groups -OCH3 is 1. The molecule has 1 unspecified atom stereocenters. The SMILES string of the molecule is CCC1(C(C/C=C/[C@@H]2[C@@H](C/C=C\CCCC(=O)OC)[C@@H](OS(C)(=O)=O)C[C@H]2O[Si](C)(C)C(C)(C)C)O[Si](C)(C)C(C)(C)C)CCC1. The first-order chi connectivity index (χ1) is 21.0. The zero-order valence-corrected chi connectivity index (χ0v) is 34.3.